The SMILES string of the molecule is CCC(C)(c1cc2c(-c3cc(C(C)(C)C)cc(C(C)(C)C)c3)cccc2[cH-]1)c1cc2c(-c3cc(C(C)(C)C)cc(C(C)(C)C)c3)cccc2[cH-]1.[CH3-].[CH3-].[Hf+4]. The van der Waals surface area contributed by atoms with Gasteiger partial charge in [-0.15, -0.1) is 69.1 Å². The first-order chi connectivity index (χ1) is 23.1. The fraction of sp³-hybridized carbons (Fsp3) is 0.385. The van der Waals surface area contributed by atoms with Gasteiger partial charge >= 0.3 is 25.8 Å². The predicted molar refractivity (Wildman–Crippen MR) is 234 cm³/mol. The van der Waals surface area contributed by atoms with Gasteiger partial charge in [0.1, 0.15) is 0 Å². The van der Waals surface area contributed by atoms with E-state index in [0.29, 0.717) is 0 Å². The maximum absolute atomic E-state index is 2.50. The first-order valence-electron chi connectivity index (χ1n) is 18.8. The number of hydrogen-bond donors (Lipinski definition) is 0. The Morgan fingerprint density at radius 3 is 1.00 bits per heavy atom. The Morgan fingerprint density at radius 1 is 0.434 bits per heavy atom. The molecule has 0 N–H and O–H groups in total. The predicted octanol–water partition coefficient (Wildman–Crippen LogP) is 15.6. The van der Waals surface area contributed by atoms with Crippen LogP contribution in [0.15, 0.2) is 97.1 Å². The molecule has 0 aliphatic rings. The van der Waals surface area contributed by atoms with Crippen LogP contribution in [0.1, 0.15) is 137 Å². The number of rotatable bonds is 5. The normalized spacial score (nSPS) is 12.7. The molecule has 53 heavy (non-hydrogen) atoms. The van der Waals surface area contributed by atoms with Crippen LogP contribution in [0.2, 0.25) is 0 Å². The van der Waals surface area contributed by atoms with Crippen molar-refractivity contribution >= 4 is 21.5 Å². The first kappa shape index (κ1) is 44.4. The molecule has 0 radical (unpaired) electrons. The van der Waals surface area contributed by atoms with Gasteiger partial charge in [0.25, 0.3) is 0 Å². The van der Waals surface area contributed by atoms with Crippen molar-refractivity contribution in [3.05, 3.63) is 145 Å². The van der Waals surface area contributed by atoms with Crippen LogP contribution in [0, 0.1) is 14.9 Å². The fourth-order valence-electron chi connectivity index (χ4n) is 7.48. The zero-order chi connectivity index (χ0) is 36.6. The van der Waals surface area contributed by atoms with Gasteiger partial charge in [-0.3, -0.25) is 0 Å². The third kappa shape index (κ3) is 8.62. The van der Waals surface area contributed by atoms with Crippen molar-refractivity contribution in [3.8, 4) is 22.3 Å². The summed E-state index contributed by atoms with van der Waals surface area (Å²) >= 11 is 0. The molecule has 278 valence electrons. The van der Waals surface area contributed by atoms with Crippen molar-refractivity contribution in [1.29, 1.82) is 0 Å². The van der Waals surface area contributed by atoms with Crippen LogP contribution in [-0.2, 0) is 52.9 Å². The Hall–Kier alpha value is -3.03. The van der Waals surface area contributed by atoms with E-state index in [1.54, 1.807) is 0 Å². The monoisotopic (exact) mass is 870 g/mol. The van der Waals surface area contributed by atoms with E-state index < -0.39 is 0 Å². The van der Waals surface area contributed by atoms with Gasteiger partial charge in [-0.1, -0.05) is 157 Å². The van der Waals surface area contributed by atoms with Gasteiger partial charge in [0.05, 0.1) is 0 Å². The standard InChI is InChI=1S/C50H60.2CH3.Hf/c1-15-50(14,40-22-32-18-16-20-42(44(32)30-40)34-24-36(46(2,3)4)28-37(25-34)47(5,6)7)41-23-33-19-17-21-43(45(33)31-41)35-26-38(48(8,9)10)29-39(27-35)49(11,12)13;;;/h16-31H,15H2,1-14H3;2*1H3;/q-2;2*-1;+4. The summed E-state index contributed by atoms with van der Waals surface area (Å²) in [5.74, 6) is 0. The average molecular weight is 870 g/mol. The Kier molecular flexibility index (Phi) is 12.8. The largest absolute Gasteiger partial charge is 4.00 e. The van der Waals surface area contributed by atoms with Crippen molar-refractivity contribution in [3.63, 3.8) is 0 Å². The van der Waals surface area contributed by atoms with Crippen LogP contribution in [0.4, 0.5) is 0 Å². The molecule has 0 nitrogen and oxygen atoms in total. The van der Waals surface area contributed by atoms with Crippen molar-refractivity contribution in [2.24, 2.45) is 0 Å². The summed E-state index contributed by atoms with van der Waals surface area (Å²) in [6.45, 7) is 32.7. The fourth-order valence-corrected chi connectivity index (χ4v) is 7.48. The smallest absolute Gasteiger partial charge is 0.358 e. The van der Waals surface area contributed by atoms with Gasteiger partial charge < -0.3 is 14.9 Å². The molecule has 0 heterocycles. The third-order valence-electron chi connectivity index (χ3n) is 11.4. The van der Waals surface area contributed by atoms with E-state index in [1.165, 1.54) is 77.2 Å². The minimum atomic E-state index is -0.125. The molecule has 0 aliphatic carbocycles. The van der Waals surface area contributed by atoms with E-state index in [4.69, 9.17) is 0 Å². The van der Waals surface area contributed by atoms with Gasteiger partial charge in [0.15, 0.2) is 0 Å². The van der Waals surface area contributed by atoms with E-state index in [1.807, 2.05) is 0 Å². The van der Waals surface area contributed by atoms with E-state index in [-0.39, 0.29) is 67.8 Å². The summed E-state index contributed by atoms with van der Waals surface area (Å²) in [6, 6.07) is 38.2. The zero-order valence-electron chi connectivity index (χ0n) is 35.9. The second-order valence-corrected chi connectivity index (χ2v) is 19.4. The first-order valence-corrected chi connectivity index (χ1v) is 18.8. The van der Waals surface area contributed by atoms with E-state index >= 15 is 0 Å². The van der Waals surface area contributed by atoms with E-state index in [0.717, 1.165) is 6.42 Å². The van der Waals surface area contributed by atoms with Gasteiger partial charge in [0.2, 0.25) is 0 Å². The molecule has 0 unspecified atom stereocenters. The summed E-state index contributed by atoms with van der Waals surface area (Å²) < 4.78 is 0. The maximum atomic E-state index is 2.50. The summed E-state index contributed by atoms with van der Waals surface area (Å²) in [5.41, 5.74) is 13.8. The Balaban J connectivity index is 0.00000252. The minimum absolute atomic E-state index is 0. The van der Waals surface area contributed by atoms with Gasteiger partial charge in [-0.25, -0.2) is 0 Å². The van der Waals surface area contributed by atoms with Gasteiger partial charge in [0, 0.05) is 0 Å². The molecular weight excluding hydrogens is 803 g/mol. The van der Waals surface area contributed by atoms with Crippen molar-refractivity contribution in [1.82, 2.24) is 0 Å². The van der Waals surface area contributed by atoms with Crippen molar-refractivity contribution in [2.45, 2.75) is 130 Å². The van der Waals surface area contributed by atoms with E-state index in [9.17, 15) is 0 Å². The molecule has 0 aromatic heterocycles. The molecule has 0 spiro atoms. The van der Waals surface area contributed by atoms with Crippen LogP contribution in [0.25, 0.3) is 43.8 Å². The molecule has 0 amide bonds. The van der Waals surface area contributed by atoms with Crippen molar-refractivity contribution < 1.29 is 25.8 Å². The maximum Gasteiger partial charge on any atom is 4.00 e. The molecule has 6 aromatic carbocycles. The molecule has 0 aliphatic heterocycles. The van der Waals surface area contributed by atoms with Crippen LogP contribution >= 0.6 is 0 Å². The molecule has 6 rings (SSSR count). The molecule has 0 saturated heterocycles. The van der Waals surface area contributed by atoms with Crippen LogP contribution in [0.5, 0.6) is 0 Å². The number of fused-ring (bicyclic) bond motifs is 2. The summed E-state index contributed by atoms with van der Waals surface area (Å²) in [5, 5.41) is 5.33. The average Bonchev–Trinajstić information content (AvgIpc) is 3.68. The Morgan fingerprint density at radius 2 is 0.736 bits per heavy atom. The Labute approximate surface area is 343 Å². The quantitative estimate of drug-likeness (QED) is 0.120. The molecule has 1 heteroatoms. The zero-order valence-corrected chi connectivity index (χ0v) is 39.5. The molecule has 0 bridgehead atoms. The summed E-state index contributed by atoms with van der Waals surface area (Å²) in [6.07, 6.45) is 1.02. The van der Waals surface area contributed by atoms with Gasteiger partial charge in [-0.05, 0) is 66.9 Å². The second kappa shape index (κ2) is 15.2. The summed E-state index contributed by atoms with van der Waals surface area (Å²) in [7, 11) is 0. The third-order valence-corrected chi connectivity index (χ3v) is 11.4. The Bertz CT molecular complexity index is 1970. The molecule has 0 saturated carbocycles. The summed E-state index contributed by atoms with van der Waals surface area (Å²) in [4.78, 5) is 0. The topological polar surface area (TPSA) is 0 Å². The van der Waals surface area contributed by atoms with E-state index in [2.05, 4.69) is 194 Å². The second-order valence-electron chi connectivity index (χ2n) is 19.4. The van der Waals surface area contributed by atoms with Crippen LogP contribution < -0.4 is 0 Å². The van der Waals surface area contributed by atoms with Crippen molar-refractivity contribution in [2.75, 3.05) is 0 Å². The van der Waals surface area contributed by atoms with Crippen LogP contribution in [0.3, 0.4) is 0 Å². The number of benzene rings is 4. The molecule has 6 aromatic rings. The van der Waals surface area contributed by atoms with Gasteiger partial charge in [-0.2, -0.15) is 12.1 Å². The molecular formula is C52H66Hf. The number of hydrogen-bond acceptors (Lipinski definition) is 0. The van der Waals surface area contributed by atoms with Crippen LogP contribution in [-0.4, -0.2) is 0 Å². The molecule has 0 atom stereocenters. The molecule has 0 fully saturated rings. The minimum Gasteiger partial charge on any atom is -0.358 e.